The van der Waals surface area contributed by atoms with Crippen LogP contribution in [0.5, 0.6) is 11.5 Å². The summed E-state index contributed by atoms with van der Waals surface area (Å²) in [6.07, 6.45) is 1.32. The van der Waals surface area contributed by atoms with Gasteiger partial charge in [-0.1, -0.05) is 41.9 Å². The number of hydrogen-bond acceptors (Lipinski definition) is 5. The second kappa shape index (κ2) is 11.6. The minimum Gasteiger partial charge on any atom is -0.490 e. The molecule has 0 aliphatic rings. The van der Waals surface area contributed by atoms with Crippen LogP contribution in [0.4, 0.5) is 10.1 Å². The van der Waals surface area contributed by atoms with E-state index in [0.717, 1.165) is 5.56 Å². The second-order valence-corrected chi connectivity index (χ2v) is 7.10. The molecule has 0 saturated heterocycles. The highest BCUT2D eigenvalue weighted by atomic mass is 35.5. The molecule has 0 atom stereocenters. The van der Waals surface area contributed by atoms with Crippen LogP contribution in [0, 0.1) is 5.82 Å². The Morgan fingerprint density at radius 3 is 2.45 bits per heavy atom. The van der Waals surface area contributed by atoms with Gasteiger partial charge in [-0.2, -0.15) is 5.10 Å². The SMILES string of the molecule is CCOc1cc(/C=N\NC(=O)C(=O)Nc2ccc(F)cc2)cc(Cl)c1OCc1ccccc1. The van der Waals surface area contributed by atoms with Gasteiger partial charge in [0.15, 0.2) is 11.5 Å². The number of carbonyl (C=O) groups is 2. The summed E-state index contributed by atoms with van der Waals surface area (Å²) >= 11 is 6.39. The van der Waals surface area contributed by atoms with Crippen molar-refractivity contribution in [3.8, 4) is 11.5 Å². The molecule has 0 bridgehead atoms. The normalized spacial score (nSPS) is 10.6. The first-order valence-electron chi connectivity index (χ1n) is 9.99. The van der Waals surface area contributed by atoms with E-state index in [-0.39, 0.29) is 5.69 Å². The average Bonchev–Trinajstić information content (AvgIpc) is 2.81. The molecule has 0 radical (unpaired) electrons. The molecular weight excluding hydrogens is 449 g/mol. The van der Waals surface area contributed by atoms with Crippen molar-refractivity contribution in [2.24, 2.45) is 5.10 Å². The number of ether oxygens (including phenoxy) is 2. The number of halogens is 2. The van der Waals surface area contributed by atoms with Crippen LogP contribution in [0.25, 0.3) is 0 Å². The summed E-state index contributed by atoms with van der Waals surface area (Å²) in [7, 11) is 0. The van der Waals surface area contributed by atoms with Gasteiger partial charge < -0.3 is 14.8 Å². The van der Waals surface area contributed by atoms with Crippen molar-refractivity contribution >= 4 is 35.3 Å². The van der Waals surface area contributed by atoms with E-state index in [2.05, 4.69) is 15.8 Å². The van der Waals surface area contributed by atoms with Gasteiger partial charge in [-0.05, 0) is 54.4 Å². The van der Waals surface area contributed by atoms with Crippen LogP contribution in [-0.4, -0.2) is 24.6 Å². The van der Waals surface area contributed by atoms with Crippen LogP contribution in [0.3, 0.4) is 0 Å². The van der Waals surface area contributed by atoms with Crippen molar-refractivity contribution in [1.82, 2.24) is 5.43 Å². The van der Waals surface area contributed by atoms with E-state index in [1.165, 1.54) is 30.5 Å². The standard InChI is InChI=1S/C24H21ClFN3O4/c1-2-32-21-13-17(12-20(25)22(21)33-15-16-6-4-3-5-7-16)14-27-29-24(31)23(30)28-19-10-8-18(26)9-11-19/h3-14H,2,15H2,1H3,(H,28,30)(H,29,31)/b27-14-. The molecule has 2 N–H and O–H groups in total. The molecule has 170 valence electrons. The van der Waals surface area contributed by atoms with Gasteiger partial charge in [-0.15, -0.1) is 0 Å². The first-order chi connectivity index (χ1) is 16.0. The number of hydrazone groups is 1. The van der Waals surface area contributed by atoms with Crippen LogP contribution in [0.15, 0.2) is 71.8 Å². The lowest BCUT2D eigenvalue weighted by Gasteiger charge is -2.14. The zero-order valence-electron chi connectivity index (χ0n) is 17.7. The third-order valence-corrected chi connectivity index (χ3v) is 4.53. The number of nitrogens with one attached hydrogen (secondary N) is 2. The number of carbonyl (C=O) groups excluding carboxylic acids is 2. The minimum absolute atomic E-state index is 0.278. The summed E-state index contributed by atoms with van der Waals surface area (Å²) in [5, 5.41) is 6.43. The topological polar surface area (TPSA) is 89.0 Å². The molecule has 3 rings (SSSR count). The monoisotopic (exact) mass is 469 g/mol. The second-order valence-electron chi connectivity index (χ2n) is 6.70. The molecule has 0 fully saturated rings. The van der Waals surface area contributed by atoms with Gasteiger partial charge >= 0.3 is 11.8 Å². The number of benzene rings is 3. The molecule has 7 nitrogen and oxygen atoms in total. The number of nitrogens with zero attached hydrogens (tertiary/aromatic N) is 1. The molecule has 0 aromatic heterocycles. The Balaban J connectivity index is 1.63. The van der Waals surface area contributed by atoms with Crippen LogP contribution < -0.4 is 20.2 Å². The van der Waals surface area contributed by atoms with E-state index in [1.807, 2.05) is 37.3 Å². The molecule has 0 saturated carbocycles. The van der Waals surface area contributed by atoms with Crippen molar-refractivity contribution in [2.45, 2.75) is 13.5 Å². The average molecular weight is 470 g/mol. The van der Waals surface area contributed by atoms with Crippen LogP contribution in [0.2, 0.25) is 5.02 Å². The summed E-state index contributed by atoms with van der Waals surface area (Å²) in [6.45, 7) is 2.53. The minimum atomic E-state index is -0.991. The van der Waals surface area contributed by atoms with E-state index in [4.69, 9.17) is 21.1 Å². The van der Waals surface area contributed by atoms with Crippen LogP contribution >= 0.6 is 11.6 Å². The first-order valence-corrected chi connectivity index (χ1v) is 10.4. The highest BCUT2D eigenvalue weighted by Gasteiger charge is 2.14. The number of anilines is 1. The fourth-order valence-electron chi connectivity index (χ4n) is 2.73. The largest absolute Gasteiger partial charge is 0.490 e. The molecule has 0 heterocycles. The van der Waals surface area contributed by atoms with Crippen LogP contribution in [0.1, 0.15) is 18.1 Å². The smallest absolute Gasteiger partial charge is 0.329 e. The number of hydrogen-bond donors (Lipinski definition) is 2. The summed E-state index contributed by atoms with van der Waals surface area (Å²) in [5.74, 6) is -1.58. The third-order valence-electron chi connectivity index (χ3n) is 4.25. The zero-order chi connectivity index (χ0) is 23.6. The van der Waals surface area contributed by atoms with Gasteiger partial charge in [0.25, 0.3) is 0 Å². The Bertz CT molecular complexity index is 1140. The van der Waals surface area contributed by atoms with Crippen LogP contribution in [-0.2, 0) is 16.2 Å². The van der Waals surface area contributed by atoms with E-state index in [0.29, 0.717) is 35.3 Å². The molecule has 3 aromatic carbocycles. The fraction of sp³-hybridized carbons (Fsp3) is 0.125. The van der Waals surface area contributed by atoms with Gasteiger partial charge in [0, 0.05) is 5.69 Å². The zero-order valence-corrected chi connectivity index (χ0v) is 18.4. The number of amides is 2. The van der Waals surface area contributed by atoms with Crippen molar-refractivity contribution in [3.05, 3.63) is 88.7 Å². The Kier molecular flexibility index (Phi) is 8.37. The molecule has 0 spiro atoms. The van der Waals surface area contributed by atoms with Gasteiger partial charge in [0.2, 0.25) is 0 Å². The van der Waals surface area contributed by atoms with Gasteiger partial charge in [0.05, 0.1) is 17.8 Å². The molecule has 0 unspecified atom stereocenters. The lowest BCUT2D eigenvalue weighted by molar-refractivity contribution is -0.136. The summed E-state index contributed by atoms with van der Waals surface area (Å²) < 4.78 is 24.4. The molecular formula is C24H21ClFN3O4. The molecule has 2 amide bonds. The highest BCUT2D eigenvalue weighted by molar-refractivity contribution is 6.39. The van der Waals surface area contributed by atoms with E-state index in [1.54, 1.807) is 12.1 Å². The van der Waals surface area contributed by atoms with E-state index >= 15 is 0 Å². The Hall–Kier alpha value is -3.91. The maximum absolute atomic E-state index is 12.9. The highest BCUT2D eigenvalue weighted by Crippen LogP contribution is 2.37. The Morgan fingerprint density at radius 2 is 1.76 bits per heavy atom. The summed E-state index contributed by atoms with van der Waals surface area (Å²) in [5.41, 5.74) is 3.90. The molecule has 9 heteroatoms. The molecule has 0 aliphatic carbocycles. The van der Waals surface area contributed by atoms with Crippen molar-refractivity contribution in [3.63, 3.8) is 0 Å². The predicted octanol–water partition coefficient (Wildman–Crippen LogP) is 4.55. The Morgan fingerprint density at radius 1 is 1.03 bits per heavy atom. The predicted molar refractivity (Wildman–Crippen MR) is 124 cm³/mol. The molecule has 3 aromatic rings. The van der Waals surface area contributed by atoms with Crippen molar-refractivity contribution in [1.29, 1.82) is 0 Å². The van der Waals surface area contributed by atoms with Gasteiger partial charge in [-0.3, -0.25) is 9.59 Å². The van der Waals surface area contributed by atoms with Gasteiger partial charge in [0.1, 0.15) is 12.4 Å². The first kappa shape index (κ1) is 23.7. The summed E-state index contributed by atoms with van der Waals surface area (Å²) in [4.78, 5) is 23.9. The quantitative estimate of drug-likeness (QED) is 0.288. The third kappa shape index (κ3) is 7.05. The summed E-state index contributed by atoms with van der Waals surface area (Å²) in [6, 6.07) is 17.9. The lowest BCUT2D eigenvalue weighted by Crippen LogP contribution is -2.32. The lowest BCUT2D eigenvalue weighted by atomic mass is 10.2. The van der Waals surface area contributed by atoms with Crippen molar-refractivity contribution in [2.75, 3.05) is 11.9 Å². The number of rotatable bonds is 8. The maximum Gasteiger partial charge on any atom is 0.329 e. The molecule has 33 heavy (non-hydrogen) atoms. The van der Waals surface area contributed by atoms with E-state index < -0.39 is 17.6 Å². The van der Waals surface area contributed by atoms with Crippen molar-refractivity contribution < 1.29 is 23.5 Å². The van der Waals surface area contributed by atoms with Gasteiger partial charge in [-0.25, -0.2) is 9.82 Å². The maximum atomic E-state index is 12.9. The fourth-order valence-corrected chi connectivity index (χ4v) is 3.01. The molecule has 0 aliphatic heterocycles. The van der Waals surface area contributed by atoms with E-state index in [9.17, 15) is 14.0 Å². The Labute approximate surface area is 195 Å².